The van der Waals surface area contributed by atoms with Gasteiger partial charge in [0.05, 0.1) is 18.8 Å². The minimum atomic E-state index is -0.381. The Kier molecular flexibility index (Phi) is 6.05. The lowest BCUT2D eigenvalue weighted by Crippen LogP contribution is -2.45. The summed E-state index contributed by atoms with van der Waals surface area (Å²) in [5, 5.41) is 12.8. The molecule has 21 heavy (non-hydrogen) atoms. The molecule has 2 N–H and O–H groups in total. The predicted molar refractivity (Wildman–Crippen MR) is 82.3 cm³/mol. The van der Waals surface area contributed by atoms with E-state index in [1.165, 1.54) is 0 Å². The maximum atomic E-state index is 12.0. The van der Waals surface area contributed by atoms with E-state index in [9.17, 15) is 9.90 Å². The lowest BCUT2D eigenvalue weighted by atomic mass is 9.92. The SMILES string of the molecule is CCOc1ccc(CCC(=O)NC2CCCCC2O)cc1. The van der Waals surface area contributed by atoms with Crippen molar-refractivity contribution in [3.63, 3.8) is 0 Å². The fraction of sp³-hybridized carbons (Fsp3) is 0.588. The van der Waals surface area contributed by atoms with E-state index in [0.29, 0.717) is 19.4 Å². The highest BCUT2D eigenvalue weighted by Crippen LogP contribution is 2.18. The number of hydrogen-bond donors (Lipinski definition) is 2. The lowest BCUT2D eigenvalue weighted by Gasteiger charge is -2.28. The summed E-state index contributed by atoms with van der Waals surface area (Å²) in [7, 11) is 0. The molecule has 0 bridgehead atoms. The quantitative estimate of drug-likeness (QED) is 0.846. The van der Waals surface area contributed by atoms with Crippen LogP contribution in [-0.2, 0) is 11.2 Å². The van der Waals surface area contributed by atoms with Crippen LogP contribution in [0.3, 0.4) is 0 Å². The van der Waals surface area contributed by atoms with Crippen molar-refractivity contribution in [2.75, 3.05) is 6.61 Å². The maximum Gasteiger partial charge on any atom is 0.220 e. The Hall–Kier alpha value is -1.55. The first-order valence-corrected chi connectivity index (χ1v) is 7.88. The summed E-state index contributed by atoms with van der Waals surface area (Å²) in [5.74, 6) is 0.880. The highest BCUT2D eigenvalue weighted by Gasteiger charge is 2.24. The molecule has 0 aromatic heterocycles. The van der Waals surface area contributed by atoms with E-state index in [1.807, 2.05) is 31.2 Å². The zero-order chi connectivity index (χ0) is 15.1. The highest BCUT2D eigenvalue weighted by atomic mass is 16.5. The second-order valence-electron chi connectivity index (χ2n) is 5.60. The first-order chi connectivity index (χ1) is 10.2. The Balaban J connectivity index is 1.75. The van der Waals surface area contributed by atoms with Gasteiger partial charge in [-0.3, -0.25) is 4.79 Å². The van der Waals surface area contributed by atoms with Crippen molar-refractivity contribution in [2.24, 2.45) is 0 Å². The van der Waals surface area contributed by atoms with Crippen LogP contribution < -0.4 is 10.1 Å². The van der Waals surface area contributed by atoms with Crippen molar-refractivity contribution in [2.45, 2.75) is 57.6 Å². The summed E-state index contributed by atoms with van der Waals surface area (Å²) in [6.45, 7) is 2.61. The number of amides is 1. The Morgan fingerprint density at radius 1 is 1.29 bits per heavy atom. The summed E-state index contributed by atoms with van der Waals surface area (Å²) in [6.07, 6.45) is 4.60. The number of rotatable bonds is 6. The molecule has 1 amide bonds. The molecule has 0 radical (unpaired) electrons. The van der Waals surface area contributed by atoms with Gasteiger partial charge in [0.1, 0.15) is 5.75 Å². The molecular formula is C17H25NO3. The Labute approximate surface area is 126 Å². The van der Waals surface area contributed by atoms with Crippen LogP contribution in [0.4, 0.5) is 0 Å². The van der Waals surface area contributed by atoms with Gasteiger partial charge in [-0.15, -0.1) is 0 Å². The molecule has 0 saturated heterocycles. The van der Waals surface area contributed by atoms with Crippen LogP contribution in [-0.4, -0.2) is 29.8 Å². The van der Waals surface area contributed by atoms with Gasteiger partial charge in [0.25, 0.3) is 0 Å². The number of benzene rings is 1. The fourth-order valence-corrected chi connectivity index (χ4v) is 2.74. The first-order valence-electron chi connectivity index (χ1n) is 7.88. The van der Waals surface area contributed by atoms with E-state index < -0.39 is 0 Å². The minimum Gasteiger partial charge on any atom is -0.494 e. The largest absolute Gasteiger partial charge is 0.494 e. The molecule has 0 aliphatic heterocycles. The lowest BCUT2D eigenvalue weighted by molar-refractivity contribution is -0.123. The number of aryl methyl sites for hydroxylation is 1. The molecule has 2 rings (SSSR count). The van der Waals surface area contributed by atoms with Crippen LogP contribution in [0, 0.1) is 0 Å². The molecule has 1 fully saturated rings. The van der Waals surface area contributed by atoms with Gasteiger partial charge in [-0.25, -0.2) is 0 Å². The second kappa shape index (κ2) is 8.03. The minimum absolute atomic E-state index is 0.0230. The van der Waals surface area contributed by atoms with E-state index in [2.05, 4.69) is 5.32 Å². The third kappa shape index (κ3) is 5.05. The summed E-state index contributed by atoms with van der Waals surface area (Å²) in [6, 6.07) is 7.79. The van der Waals surface area contributed by atoms with Crippen LogP contribution in [0.1, 0.15) is 44.6 Å². The summed E-state index contributed by atoms with van der Waals surface area (Å²) in [4.78, 5) is 12.0. The second-order valence-corrected chi connectivity index (χ2v) is 5.60. The molecule has 1 aliphatic carbocycles. The van der Waals surface area contributed by atoms with E-state index in [-0.39, 0.29) is 18.1 Å². The Bertz CT molecular complexity index is 444. The Morgan fingerprint density at radius 2 is 2.00 bits per heavy atom. The van der Waals surface area contributed by atoms with Crippen LogP contribution >= 0.6 is 0 Å². The smallest absolute Gasteiger partial charge is 0.220 e. The molecule has 0 heterocycles. The third-order valence-corrected chi connectivity index (χ3v) is 3.95. The number of nitrogens with one attached hydrogen (secondary N) is 1. The molecule has 1 aromatic rings. The van der Waals surface area contributed by atoms with Crippen molar-refractivity contribution in [1.82, 2.24) is 5.32 Å². The van der Waals surface area contributed by atoms with Gasteiger partial charge in [0.2, 0.25) is 5.91 Å². The molecular weight excluding hydrogens is 266 g/mol. The van der Waals surface area contributed by atoms with Crippen molar-refractivity contribution in [3.8, 4) is 5.75 Å². The van der Waals surface area contributed by atoms with Crippen molar-refractivity contribution in [3.05, 3.63) is 29.8 Å². The number of carbonyl (C=O) groups excluding carboxylic acids is 1. The number of hydrogen-bond acceptors (Lipinski definition) is 3. The topological polar surface area (TPSA) is 58.6 Å². The van der Waals surface area contributed by atoms with Crippen molar-refractivity contribution < 1.29 is 14.6 Å². The van der Waals surface area contributed by atoms with Gasteiger partial charge in [0.15, 0.2) is 0 Å². The molecule has 4 heteroatoms. The van der Waals surface area contributed by atoms with Gasteiger partial charge >= 0.3 is 0 Å². The standard InChI is InChI=1S/C17H25NO3/c1-2-21-14-10-7-13(8-11-14)9-12-17(20)18-15-5-3-4-6-16(15)19/h7-8,10-11,15-16,19H,2-6,9,12H2,1H3,(H,18,20). The van der Waals surface area contributed by atoms with Crippen molar-refractivity contribution >= 4 is 5.91 Å². The molecule has 0 spiro atoms. The first kappa shape index (κ1) is 15.8. The van der Waals surface area contributed by atoms with E-state index in [1.54, 1.807) is 0 Å². The molecule has 1 aromatic carbocycles. The fourth-order valence-electron chi connectivity index (χ4n) is 2.74. The zero-order valence-electron chi connectivity index (χ0n) is 12.7. The number of aliphatic hydroxyl groups excluding tert-OH is 1. The summed E-state index contributed by atoms with van der Waals surface area (Å²) >= 11 is 0. The number of ether oxygens (including phenoxy) is 1. The molecule has 2 atom stereocenters. The predicted octanol–water partition coefficient (Wildman–Crippen LogP) is 2.44. The summed E-state index contributed by atoms with van der Waals surface area (Å²) in [5.41, 5.74) is 1.12. The van der Waals surface area contributed by atoms with Gasteiger partial charge in [-0.2, -0.15) is 0 Å². The van der Waals surface area contributed by atoms with Crippen molar-refractivity contribution in [1.29, 1.82) is 0 Å². The highest BCUT2D eigenvalue weighted by molar-refractivity contribution is 5.76. The van der Waals surface area contributed by atoms with Crippen LogP contribution in [0.2, 0.25) is 0 Å². The average molecular weight is 291 g/mol. The van der Waals surface area contributed by atoms with Gasteiger partial charge < -0.3 is 15.2 Å². The normalized spacial score (nSPS) is 21.8. The average Bonchev–Trinajstić information content (AvgIpc) is 2.49. The van der Waals surface area contributed by atoms with Crippen LogP contribution in [0.15, 0.2) is 24.3 Å². The Morgan fingerprint density at radius 3 is 2.67 bits per heavy atom. The molecule has 1 aliphatic rings. The monoisotopic (exact) mass is 291 g/mol. The number of carbonyl (C=O) groups is 1. The maximum absolute atomic E-state index is 12.0. The summed E-state index contributed by atoms with van der Waals surface area (Å²) < 4.78 is 5.39. The van der Waals surface area contributed by atoms with Gasteiger partial charge in [-0.05, 0) is 43.9 Å². The molecule has 1 saturated carbocycles. The van der Waals surface area contributed by atoms with Crippen LogP contribution in [0.25, 0.3) is 0 Å². The van der Waals surface area contributed by atoms with E-state index >= 15 is 0 Å². The third-order valence-electron chi connectivity index (χ3n) is 3.95. The molecule has 4 nitrogen and oxygen atoms in total. The van der Waals surface area contributed by atoms with E-state index in [4.69, 9.17) is 4.74 Å². The van der Waals surface area contributed by atoms with E-state index in [0.717, 1.165) is 37.0 Å². The molecule has 2 unspecified atom stereocenters. The molecule has 116 valence electrons. The van der Waals surface area contributed by atoms with Crippen LogP contribution in [0.5, 0.6) is 5.75 Å². The zero-order valence-corrected chi connectivity index (χ0v) is 12.7. The van der Waals surface area contributed by atoms with Gasteiger partial charge in [0, 0.05) is 6.42 Å². The number of aliphatic hydroxyl groups is 1. The van der Waals surface area contributed by atoms with Gasteiger partial charge in [-0.1, -0.05) is 25.0 Å².